The molecule has 80 valence electrons. The molecule has 2 rings (SSSR count). The molecule has 1 heterocycles. The summed E-state index contributed by atoms with van der Waals surface area (Å²) in [5, 5.41) is 0. The van der Waals surface area contributed by atoms with E-state index in [9.17, 15) is 0 Å². The van der Waals surface area contributed by atoms with E-state index in [-0.39, 0.29) is 6.17 Å². The summed E-state index contributed by atoms with van der Waals surface area (Å²) in [5.74, 6) is 0. The Bertz CT molecular complexity index is 472. The van der Waals surface area contributed by atoms with Crippen molar-refractivity contribution in [2.24, 2.45) is 12.8 Å². The van der Waals surface area contributed by atoms with Gasteiger partial charge in [0.15, 0.2) is 0 Å². The van der Waals surface area contributed by atoms with Crippen LogP contribution < -0.4 is 5.73 Å². The van der Waals surface area contributed by atoms with E-state index >= 15 is 0 Å². The van der Waals surface area contributed by atoms with E-state index in [0.717, 1.165) is 16.6 Å². The molecule has 0 saturated carbocycles. The van der Waals surface area contributed by atoms with E-state index in [4.69, 9.17) is 5.73 Å². The minimum Gasteiger partial charge on any atom is -0.334 e. The summed E-state index contributed by atoms with van der Waals surface area (Å²) >= 11 is 0. The average Bonchev–Trinajstić information content (AvgIpc) is 2.59. The molecule has 15 heavy (non-hydrogen) atoms. The second-order valence-corrected chi connectivity index (χ2v) is 4.01. The number of imidazole rings is 1. The number of aryl methyl sites for hydroxylation is 1. The smallest absolute Gasteiger partial charge is 0.0955 e. The van der Waals surface area contributed by atoms with Crippen LogP contribution in [0.3, 0.4) is 0 Å². The Morgan fingerprint density at radius 2 is 2.13 bits per heavy atom. The van der Waals surface area contributed by atoms with Gasteiger partial charge in [-0.05, 0) is 31.8 Å². The molecule has 0 amide bonds. The molecule has 2 N–H and O–H groups in total. The highest BCUT2D eigenvalue weighted by Crippen LogP contribution is 2.18. The maximum Gasteiger partial charge on any atom is 0.0955 e. The molecule has 2 aromatic rings. The molecule has 0 saturated heterocycles. The Hall–Kier alpha value is -1.39. The predicted octanol–water partition coefficient (Wildman–Crippen LogP) is 1.09. The molecule has 0 radical (unpaired) electrons. The van der Waals surface area contributed by atoms with Crippen molar-refractivity contribution in [3.63, 3.8) is 0 Å². The van der Waals surface area contributed by atoms with Gasteiger partial charge < -0.3 is 10.3 Å². The maximum atomic E-state index is 6.03. The quantitative estimate of drug-likeness (QED) is 0.745. The Balaban J connectivity index is 2.47. The van der Waals surface area contributed by atoms with Crippen LogP contribution in [-0.2, 0) is 7.05 Å². The van der Waals surface area contributed by atoms with Crippen molar-refractivity contribution >= 4 is 11.0 Å². The first kappa shape index (κ1) is 10.1. The summed E-state index contributed by atoms with van der Waals surface area (Å²) in [4.78, 5) is 6.29. The molecule has 1 unspecified atom stereocenters. The van der Waals surface area contributed by atoms with Crippen LogP contribution in [0.2, 0.25) is 0 Å². The standard InChI is InChI=1S/C11H16N4/c1-14(2)11(12)8-4-5-10-9(6-8)13-7-15(10)3/h4-7,11H,12H2,1-3H3. The van der Waals surface area contributed by atoms with Gasteiger partial charge >= 0.3 is 0 Å². The van der Waals surface area contributed by atoms with Crippen molar-refractivity contribution in [1.29, 1.82) is 0 Å². The van der Waals surface area contributed by atoms with Crippen LogP contribution in [0, 0.1) is 0 Å². The molecule has 4 nitrogen and oxygen atoms in total. The summed E-state index contributed by atoms with van der Waals surface area (Å²) in [6, 6.07) is 6.15. The monoisotopic (exact) mass is 204 g/mol. The zero-order chi connectivity index (χ0) is 11.0. The molecule has 0 bridgehead atoms. The molecular formula is C11H16N4. The van der Waals surface area contributed by atoms with Crippen molar-refractivity contribution < 1.29 is 0 Å². The fourth-order valence-electron chi connectivity index (χ4n) is 1.64. The molecule has 0 aliphatic carbocycles. The molecule has 0 aliphatic rings. The summed E-state index contributed by atoms with van der Waals surface area (Å²) < 4.78 is 2.00. The van der Waals surface area contributed by atoms with Crippen LogP contribution in [0.4, 0.5) is 0 Å². The van der Waals surface area contributed by atoms with E-state index in [1.165, 1.54) is 0 Å². The summed E-state index contributed by atoms with van der Waals surface area (Å²) in [5.41, 5.74) is 9.24. The van der Waals surface area contributed by atoms with Gasteiger partial charge in [0.1, 0.15) is 0 Å². The van der Waals surface area contributed by atoms with Gasteiger partial charge in [0.25, 0.3) is 0 Å². The molecule has 0 spiro atoms. The van der Waals surface area contributed by atoms with Gasteiger partial charge in [0.05, 0.1) is 23.5 Å². The van der Waals surface area contributed by atoms with E-state index in [1.807, 2.05) is 43.0 Å². The number of nitrogens with zero attached hydrogens (tertiary/aromatic N) is 3. The minimum atomic E-state index is -0.0728. The lowest BCUT2D eigenvalue weighted by molar-refractivity contribution is 0.307. The fourth-order valence-corrected chi connectivity index (χ4v) is 1.64. The van der Waals surface area contributed by atoms with Crippen molar-refractivity contribution in [2.45, 2.75) is 6.17 Å². The van der Waals surface area contributed by atoms with Crippen LogP contribution in [0.1, 0.15) is 11.7 Å². The third-order valence-corrected chi connectivity index (χ3v) is 2.65. The van der Waals surface area contributed by atoms with Gasteiger partial charge in [-0.15, -0.1) is 0 Å². The molecule has 1 aromatic heterocycles. The van der Waals surface area contributed by atoms with Crippen molar-refractivity contribution in [2.75, 3.05) is 14.1 Å². The Labute approximate surface area is 89.3 Å². The van der Waals surface area contributed by atoms with E-state index in [2.05, 4.69) is 17.1 Å². The van der Waals surface area contributed by atoms with Gasteiger partial charge in [-0.1, -0.05) is 6.07 Å². The lowest BCUT2D eigenvalue weighted by Gasteiger charge is -2.19. The number of benzene rings is 1. The van der Waals surface area contributed by atoms with Gasteiger partial charge in [0.2, 0.25) is 0 Å². The predicted molar refractivity (Wildman–Crippen MR) is 61.3 cm³/mol. The van der Waals surface area contributed by atoms with E-state index in [0.29, 0.717) is 0 Å². The van der Waals surface area contributed by atoms with E-state index < -0.39 is 0 Å². The first-order valence-corrected chi connectivity index (χ1v) is 4.92. The van der Waals surface area contributed by atoms with Gasteiger partial charge in [-0.2, -0.15) is 0 Å². The molecule has 4 heteroatoms. The van der Waals surface area contributed by atoms with E-state index in [1.54, 1.807) is 0 Å². The SMILES string of the molecule is CN(C)C(N)c1ccc2c(c1)ncn2C. The Morgan fingerprint density at radius 1 is 1.40 bits per heavy atom. The topological polar surface area (TPSA) is 47.1 Å². The molecule has 0 aliphatic heterocycles. The third-order valence-electron chi connectivity index (χ3n) is 2.65. The largest absolute Gasteiger partial charge is 0.334 e. The molecular weight excluding hydrogens is 188 g/mol. The van der Waals surface area contributed by atoms with Crippen molar-refractivity contribution in [3.05, 3.63) is 30.1 Å². The highest BCUT2D eigenvalue weighted by atomic mass is 15.2. The first-order chi connectivity index (χ1) is 7.09. The van der Waals surface area contributed by atoms with Gasteiger partial charge in [-0.25, -0.2) is 4.98 Å². The van der Waals surface area contributed by atoms with Crippen LogP contribution in [0.25, 0.3) is 11.0 Å². The highest BCUT2D eigenvalue weighted by molar-refractivity contribution is 5.76. The average molecular weight is 204 g/mol. The highest BCUT2D eigenvalue weighted by Gasteiger charge is 2.09. The van der Waals surface area contributed by atoms with Crippen LogP contribution in [0.15, 0.2) is 24.5 Å². The lowest BCUT2D eigenvalue weighted by Crippen LogP contribution is -2.27. The van der Waals surface area contributed by atoms with Gasteiger partial charge in [0, 0.05) is 7.05 Å². The van der Waals surface area contributed by atoms with Crippen LogP contribution in [0.5, 0.6) is 0 Å². The molecule has 1 aromatic carbocycles. The zero-order valence-corrected chi connectivity index (χ0v) is 9.31. The van der Waals surface area contributed by atoms with Gasteiger partial charge in [-0.3, -0.25) is 4.90 Å². The maximum absolute atomic E-state index is 6.03. The Morgan fingerprint density at radius 3 is 2.80 bits per heavy atom. The number of aromatic nitrogens is 2. The first-order valence-electron chi connectivity index (χ1n) is 4.92. The summed E-state index contributed by atoms with van der Waals surface area (Å²) in [7, 11) is 5.92. The number of hydrogen-bond acceptors (Lipinski definition) is 3. The normalized spacial score (nSPS) is 13.7. The lowest BCUT2D eigenvalue weighted by atomic mass is 10.1. The van der Waals surface area contributed by atoms with Crippen molar-refractivity contribution in [1.82, 2.24) is 14.5 Å². The summed E-state index contributed by atoms with van der Waals surface area (Å²) in [6.45, 7) is 0. The van der Waals surface area contributed by atoms with Crippen LogP contribution >= 0.6 is 0 Å². The molecule has 0 fully saturated rings. The fraction of sp³-hybridized carbons (Fsp3) is 0.364. The minimum absolute atomic E-state index is 0.0728. The summed E-state index contributed by atoms with van der Waals surface area (Å²) in [6.07, 6.45) is 1.74. The second kappa shape index (κ2) is 3.64. The Kier molecular flexibility index (Phi) is 2.46. The van der Waals surface area contributed by atoms with Crippen LogP contribution in [-0.4, -0.2) is 28.5 Å². The number of fused-ring (bicyclic) bond motifs is 1. The second-order valence-electron chi connectivity index (χ2n) is 4.01. The zero-order valence-electron chi connectivity index (χ0n) is 9.31. The number of hydrogen-bond donors (Lipinski definition) is 1. The third kappa shape index (κ3) is 1.73. The number of nitrogens with two attached hydrogens (primary N) is 1. The van der Waals surface area contributed by atoms with Crippen molar-refractivity contribution in [3.8, 4) is 0 Å². The molecule has 1 atom stereocenters. The number of rotatable bonds is 2.